The number of benzene rings is 1. The van der Waals surface area contributed by atoms with E-state index >= 15 is 0 Å². The Labute approximate surface area is 106 Å². The second-order valence-corrected chi connectivity index (χ2v) is 4.66. The predicted molar refractivity (Wildman–Crippen MR) is 62.4 cm³/mol. The number of aliphatic hydroxyl groups excluding tert-OH is 2. The average Bonchev–Trinajstić information content (AvgIpc) is 2.13. The molecule has 1 aromatic carbocycles. The molecule has 4 nitrogen and oxygen atoms in total. The molecule has 3 N–H and O–H groups in total. The third-order valence-electron chi connectivity index (χ3n) is 1.97. The van der Waals surface area contributed by atoms with E-state index in [0.717, 1.165) is 0 Å². The van der Waals surface area contributed by atoms with Crippen LogP contribution in [0, 0.1) is 0 Å². The second kappa shape index (κ2) is 5.63. The van der Waals surface area contributed by atoms with E-state index in [9.17, 15) is 15.0 Å². The second-order valence-electron chi connectivity index (χ2n) is 3.31. The fraction of sp³-hybridized carbons (Fsp3) is 0.300. The number of halogens is 2. The molecule has 88 valence electrons. The van der Waals surface area contributed by atoms with Gasteiger partial charge in [-0.3, -0.25) is 4.79 Å². The van der Waals surface area contributed by atoms with Crippen molar-refractivity contribution >= 4 is 33.5 Å². The van der Waals surface area contributed by atoms with Crippen LogP contribution in [0.3, 0.4) is 0 Å². The van der Waals surface area contributed by atoms with Crippen molar-refractivity contribution < 1.29 is 20.1 Å². The zero-order valence-corrected chi connectivity index (χ0v) is 10.4. The number of hydrogen-bond donors (Lipinski definition) is 3. The minimum Gasteiger partial charge on any atom is -0.481 e. The third kappa shape index (κ3) is 3.75. The van der Waals surface area contributed by atoms with Gasteiger partial charge in [0.15, 0.2) is 0 Å². The molecule has 0 aromatic heterocycles. The van der Waals surface area contributed by atoms with Crippen LogP contribution in [0.4, 0.5) is 0 Å². The number of hydrogen-bond acceptors (Lipinski definition) is 3. The molecule has 0 heterocycles. The van der Waals surface area contributed by atoms with E-state index < -0.39 is 24.6 Å². The molecule has 1 rings (SSSR count). The molecular weight excluding hydrogens is 299 g/mol. The lowest BCUT2D eigenvalue weighted by Gasteiger charge is -2.16. The molecule has 1 aromatic rings. The number of rotatable bonds is 4. The van der Waals surface area contributed by atoms with Gasteiger partial charge in [0.25, 0.3) is 0 Å². The van der Waals surface area contributed by atoms with Crippen molar-refractivity contribution in [3.8, 4) is 0 Å². The van der Waals surface area contributed by atoms with Crippen LogP contribution >= 0.6 is 27.5 Å². The molecular formula is C10H10BrClO4. The summed E-state index contributed by atoms with van der Waals surface area (Å²) in [6.07, 6.45) is -3.15. The Morgan fingerprint density at radius 1 is 1.38 bits per heavy atom. The van der Waals surface area contributed by atoms with Crippen LogP contribution in [-0.4, -0.2) is 27.4 Å². The molecule has 6 heteroatoms. The summed E-state index contributed by atoms with van der Waals surface area (Å²) in [5, 5.41) is 28.0. The monoisotopic (exact) mass is 308 g/mol. The highest BCUT2D eigenvalue weighted by Crippen LogP contribution is 2.26. The summed E-state index contributed by atoms with van der Waals surface area (Å²) in [4.78, 5) is 10.4. The molecule has 0 spiro atoms. The molecule has 0 saturated heterocycles. The van der Waals surface area contributed by atoms with Gasteiger partial charge in [-0.1, -0.05) is 27.5 Å². The smallest absolute Gasteiger partial charge is 0.306 e. The summed E-state index contributed by atoms with van der Waals surface area (Å²) >= 11 is 8.95. The number of carbonyl (C=O) groups is 1. The maximum Gasteiger partial charge on any atom is 0.306 e. The lowest BCUT2D eigenvalue weighted by molar-refractivity contribution is -0.141. The van der Waals surface area contributed by atoms with Crippen molar-refractivity contribution in [3.63, 3.8) is 0 Å². The van der Waals surface area contributed by atoms with Crippen molar-refractivity contribution in [2.45, 2.75) is 18.6 Å². The summed E-state index contributed by atoms with van der Waals surface area (Å²) in [7, 11) is 0. The molecule has 0 saturated carbocycles. The Bertz CT molecular complexity index is 376. The Balaban J connectivity index is 2.86. The highest BCUT2D eigenvalue weighted by Gasteiger charge is 2.21. The van der Waals surface area contributed by atoms with E-state index in [4.69, 9.17) is 16.7 Å². The van der Waals surface area contributed by atoms with Gasteiger partial charge in [0.2, 0.25) is 0 Å². The highest BCUT2D eigenvalue weighted by molar-refractivity contribution is 9.10. The maximum atomic E-state index is 10.4. The Morgan fingerprint density at radius 2 is 2.00 bits per heavy atom. The molecule has 16 heavy (non-hydrogen) atoms. The number of aliphatic hydroxyl groups is 2. The quantitative estimate of drug-likeness (QED) is 0.794. The van der Waals surface area contributed by atoms with Gasteiger partial charge >= 0.3 is 5.97 Å². The molecule has 0 aliphatic rings. The van der Waals surface area contributed by atoms with Crippen molar-refractivity contribution in [3.05, 3.63) is 33.3 Å². The lowest BCUT2D eigenvalue weighted by Crippen LogP contribution is -2.21. The van der Waals surface area contributed by atoms with Gasteiger partial charge in [-0.05, 0) is 23.8 Å². The zero-order valence-electron chi connectivity index (χ0n) is 8.10. The first-order valence-electron chi connectivity index (χ1n) is 4.44. The normalized spacial score (nSPS) is 14.5. The van der Waals surface area contributed by atoms with Crippen molar-refractivity contribution in [2.24, 2.45) is 0 Å². The van der Waals surface area contributed by atoms with Gasteiger partial charge in [0, 0.05) is 9.50 Å². The van der Waals surface area contributed by atoms with Crippen molar-refractivity contribution in [1.29, 1.82) is 0 Å². The minimum atomic E-state index is -1.36. The fourth-order valence-electron chi connectivity index (χ4n) is 1.26. The first-order chi connectivity index (χ1) is 7.40. The van der Waals surface area contributed by atoms with E-state index in [1.54, 1.807) is 12.1 Å². The summed E-state index contributed by atoms with van der Waals surface area (Å²) in [6, 6.07) is 4.67. The van der Waals surface area contributed by atoms with Crippen LogP contribution in [0.1, 0.15) is 18.1 Å². The van der Waals surface area contributed by atoms with Gasteiger partial charge in [0.1, 0.15) is 6.10 Å². The average molecular weight is 310 g/mol. The number of aliphatic carboxylic acids is 1. The van der Waals surface area contributed by atoms with E-state index in [2.05, 4.69) is 15.9 Å². The fourth-order valence-corrected chi connectivity index (χ4v) is 2.14. The van der Waals surface area contributed by atoms with Crippen LogP contribution in [-0.2, 0) is 4.79 Å². The summed E-state index contributed by atoms with van der Waals surface area (Å²) in [5.41, 5.74) is 0.369. The van der Waals surface area contributed by atoms with Gasteiger partial charge < -0.3 is 15.3 Å². The van der Waals surface area contributed by atoms with Crippen molar-refractivity contribution in [1.82, 2.24) is 0 Å². The largest absolute Gasteiger partial charge is 0.481 e. The predicted octanol–water partition coefficient (Wildman–Crippen LogP) is 1.97. The van der Waals surface area contributed by atoms with Crippen LogP contribution < -0.4 is 0 Å². The van der Waals surface area contributed by atoms with E-state index in [-0.39, 0.29) is 0 Å². The molecule has 0 aliphatic heterocycles. The third-order valence-corrected chi connectivity index (χ3v) is 2.65. The summed E-state index contributed by atoms with van der Waals surface area (Å²) in [6.45, 7) is 0. The standard InChI is InChI=1S/C10H10BrClO4/c11-6-1-5(2-7(12)3-6)10(16)8(13)4-9(14)15/h1-3,8,10,13,16H,4H2,(H,14,15). The van der Waals surface area contributed by atoms with Crippen LogP contribution in [0.15, 0.2) is 22.7 Å². The Kier molecular flexibility index (Phi) is 4.73. The number of carboxylic acid groups (broad SMARTS) is 1. The molecule has 0 fully saturated rings. The topological polar surface area (TPSA) is 77.8 Å². The van der Waals surface area contributed by atoms with Gasteiger partial charge in [-0.25, -0.2) is 0 Å². The summed E-state index contributed by atoms with van der Waals surface area (Å²) < 4.78 is 0.650. The highest BCUT2D eigenvalue weighted by atomic mass is 79.9. The van der Waals surface area contributed by atoms with Gasteiger partial charge in [0.05, 0.1) is 12.5 Å². The lowest BCUT2D eigenvalue weighted by atomic mass is 10.0. The molecule has 0 bridgehead atoms. The van der Waals surface area contributed by atoms with Crippen molar-refractivity contribution in [2.75, 3.05) is 0 Å². The van der Waals surface area contributed by atoms with Gasteiger partial charge in [-0.15, -0.1) is 0 Å². The summed E-state index contributed by atoms with van der Waals surface area (Å²) in [5.74, 6) is -1.17. The van der Waals surface area contributed by atoms with E-state index in [0.29, 0.717) is 15.1 Å². The first kappa shape index (κ1) is 13.4. The zero-order chi connectivity index (χ0) is 12.3. The van der Waals surface area contributed by atoms with Gasteiger partial charge in [-0.2, -0.15) is 0 Å². The Hall–Kier alpha value is -0.620. The first-order valence-corrected chi connectivity index (χ1v) is 5.61. The molecule has 2 unspecified atom stereocenters. The maximum absolute atomic E-state index is 10.4. The molecule has 0 amide bonds. The SMILES string of the molecule is O=C(O)CC(O)C(O)c1cc(Cl)cc(Br)c1. The Morgan fingerprint density at radius 3 is 2.50 bits per heavy atom. The van der Waals surface area contributed by atoms with E-state index in [1.165, 1.54) is 6.07 Å². The molecule has 0 aliphatic carbocycles. The minimum absolute atomic E-state index is 0.369. The molecule has 2 atom stereocenters. The van der Waals surface area contributed by atoms with Crippen LogP contribution in [0.25, 0.3) is 0 Å². The van der Waals surface area contributed by atoms with Crippen LogP contribution in [0.5, 0.6) is 0 Å². The van der Waals surface area contributed by atoms with Crippen LogP contribution in [0.2, 0.25) is 5.02 Å². The van der Waals surface area contributed by atoms with E-state index in [1.807, 2.05) is 0 Å². The number of carboxylic acids is 1. The molecule has 0 radical (unpaired) electrons.